The maximum absolute atomic E-state index is 13.2. The van der Waals surface area contributed by atoms with Crippen molar-refractivity contribution in [2.24, 2.45) is 5.92 Å². The van der Waals surface area contributed by atoms with E-state index in [2.05, 4.69) is 24.0 Å². The molecule has 7 nitrogen and oxygen atoms in total. The number of ether oxygens (including phenoxy) is 4. The zero-order valence-electron chi connectivity index (χ0n) is 19.6. The first-order chi connectivity index (χ1) is 16.1. The van der Waals surface area contributed by atoms with Crippen LogP contribution in [0, 0.1) is 5.92 Å². The van der Waals surface area contributed by atoms with Crippen LogP contribution in [0.2, 0.25) is 0 Å². The summed E-state index contributed by atoms with van der Waals surface area (Å²) in [5.41, 5.74) is 3.04. The number of hydrogen-bond acceptors (Lipinski definition) is 6. The Morgan fingerprint density at radius 3 is 2.64 bits per heavy atom. The average molecular weight is 453 g/mol. The third kappa shape index (κ3) is 4.22. The minimum Gasteiger partial charge on any atom is -0.493 e. The van der Waals surface area contributed by atoms with Gasteiger partial charge in [0.15, 0.2) is 23.0 Å². The van der Waals surface area contributed by atoms with Gasteiger partial charge < -0.3 is 23.8 Å². The van der Waals surface area contributed by atoms with Gasteiger partial charge in [-0.3, -0.25) is 9.69 Å². The van der Waals surface area contributed by atoms with Crippen molar-refractivity contribution in [1.82, 2.24) is 9.80 Å². The van der Waals surface area contributed by atoms with Crippen molar-refractivity contribution in [2.75, 3.05) is 47.2 Å². The molecule has 176 valence electrons. The molecule has 3 aliphatic rings. The van der Waals surface area contributed by atoms with Gasteiger partial charge in [-0.25, -0.2) is 0 Å². The molecule has 1 amide bonds. The van der Waals surface area contributed by atoms with Crippen LogP contribution in [0.5, 0.6) is 23.0 Å². The Morgan fingerprint density at radius 2 is 1.85 bits per heavy atom. The minimum atomic E-state index is 0.111. The Bertz CT molecular complexity index is 1040. The van der Waals surface area contributed by atoms with Crippen LogP contribution in [0.25, 0.3) is 0 Å². The van der Waals surface area contributed by atoms with Crippen molar-refractivity contribution in [3.05, 3.63) is 47.0 Å². The number of fused-ring (bicyclic) bond motifs is 2. The molecule has 3 aliphatic heterocycles. The fourth-order valence-electron chi connectivity index (χ4n) is 5.32. The largest absolute Gasteiger partial charge is 0.493 e. The fraction of sp³-hybridized carbons (Fsp3) is 0.500. The van der Waals surface area contributed by atoms with Crippen molar-refractivity contribution in [2.45, 2.75) is 32.2 Å². The lowest BCUT2D eigenvalue weighted by molar-refractivity contribution is 0.0630. The van der Waals surface area contributed by atoms with Crippen LogP contribution in [-0.2, 0) is 6.42 Å². The first-order valence-electron chi connectivity index (χ1n) is 11.7. The summed E-state index contributed by atoms with van der Waals surface area (Å²) in [6, 6.07) is 10.3. The Balaban J connectivity index is 1.25. The van der Waals surface area contributed by atoms with E-state index in [4.69, 9.17) is 18.9 Å². The third-order valence-corrected chi connectivity index (χ3v) is 7.23. The van der Waals surface area contributed by atoms with Crippen LogP contribution in [0.1, 0.15) is 47.3 Å². The van der Waals surface area contributed by atoms with E-state index in [0.717, 1.165) is 73.8 Å². The number of nitrogens with zero attached hydrogens (tertiary/aromatic N) is 2. The van der Waals surface area contributed by atoms with E-state index in [1.165, 1.54) is 5.56 Å². The number of carbonyl (C=O) groups excluding carboxylic acids is 1. The van der Waals surface area contributed by atoms with Crippen molar-refractivity contribution >= 4 is 5.91 Å². The topological polar surface area (TPSA) is 60.5 Å². The lowest BCUT2D eigenvalue weighted by atomic mass is 9.92. The fourth-order valence-corrected chi connectivity index (χ4v) is 5.32. The summed E-state index contributed by atoms with van der Waals surface area (Å²) in [6.45, 7) is 6.06. The molecule has 2 aromatic carbocycles. The van der Waals surface area contributed by atoms with Crippen molar-refractivity contribution in [3.8, 4) is 23.0 Å². The van der Waals surface area contributed by atoms with E-state index >= 15 is 0 Å². The molecule has 0 aromatic heterocycles. The molecule has 0 N–H and O–H groups in total. The summed E-state index contributed by atoms with van der Waals surface area (Å²) < 4.78 is 21.9. The number of piperidine rings is 1. The lowest BCUT2D eigenvalue weighted by Crippen LogP contribution is -2.45. The number of hydrogen-bond donors (Lipinski definition) is 0. The second-order valence-electron chi connectivity index (χ2n) is 9.16. The van der Waals surface area contributed by atoms with E-state index in [0.29, 0.717) is 11.7 Å². The summed E-state index contributed by atoms with van der Waals surface area (Å²) in [6.07, 6.45) is 3.14. The third-order valence-electron chi connectivity index (χ3n) is 7.23. The summed E-state index contributed by atoms with van der Waals surface area (Å²) in [5.74, 6) is 3.50. The molecule has 1 fully saturated rings. The average Bonchev–Trinajstić information content (AvgIpc) is 3.31. The molecule has 3 heterocycles. The zero-order chi connectivity index (χ0) is 22.9. The Morgan fingerprint density at radius 1 is 1.06 bits per heavy atom. The van der Waals surface area contributed by atoms with Crippen LogP contribution < -0.4 is 18.9 Å². The van der Waals surface area contributed by atoms with E-state index < -0.39 is 0 Å². The highest BCUT2D eigenvalue weighted by Gasteiger charge is 2.32. The first-order valence-corrected chi connectivity index (χ1v) is 11.7. The lowest BCUT2D eigenvalue weighted by Gasteiger charge is -2.40. The Hall–Kier alpha value is -2.93. The monoisotopic (exact) mass is 452 g/mol. The second-order valence-corrected chi connectivity index (χ2v) is 9.16. The van der Waals surface area contributed by atoms with Gasteiger partial charge in [0.2, 0.25) is 6.79 Å². The molecule has 0 saturated carbocycles. The van der Waals surface area contributed by atoms with Gasteiger partial charge >= 0.3 is 0 Å². The highest BCUT2D eigenvalue weighted by molar-refractivity contribution is 5.97. The Labute approximate surface area is 195 Å². The second kappa shape index (κ2) is 9.14. The van der Waals surface area contributed by atoms with Gasteiger partial charge in [-0.2, -0.15) is 0 Å². The van der Waals surface area contributed by atoms with Crippen molar-refractivity contribution in [3.63, 3.8) is 0 Å². The maximum atomic E-state index is 13.2. The van der Waals surface area contributed by atoms with Crippen molar-refractivity contribution < 1.29 is 23.7 Å². The number of rotatable bonds is 6. The van der Waals surface area contributed by atoms with Gasteiger partial charge in [-0.15, -0.1) is 0 Å². The normalized spacial score (nSPS) is 21.0. The number of benzene rings is 2. The van der Waals surface area contributed by atoms with E-state index in [1.54, 1.807) is 14.2 Å². The molecule has 0 radical (unpaired) electrons. The molecule has 0 spiro atoms. The molecule has 5 rings (SSSR count). The molecule has 33 heavy (non-hydrogen) atoms. The number of likely N-dealkylation sites (tertiary alicyclic amines) is 1. The van der Waals surface area contributed by atoms with E-state index in [9.17, 15) is 4.79 Å². The molecule has 2 unspecified atom stereocenters. The summed E-state index contributed by atoms with van der Waals surface area (Å²) in [7, 11) is 3.33. The summed E-state index contributed by atoms with van der Waals surface area (Å²) >= 11 is 0. The molecule has 0 bridgehead atoms. The maximum Gasteiger partial charge on any atom is 0.254 e. The van der Waals surface area contributed by atoms with Gasteiger partial charge in [0.25, 0.3) is 5.91 Å². The standard InChI is InChI=1S/C26H32N2O5/c1-17(19-6-7-22(30-2)23(11-19)31-3)27-9-4-5-18(14-27)15-28-10-8-20-12-24-25(33-16-32-24)13-21(20)26(28)29/h6-7,11-13,17-18H,4-5,8-10,14-16H2,1-3H3. The smallest absolute Gasteiger partial charge is 0.254 e. The van der Waals surface area contributed by atoms with Gasteiger partial charge in [0.1, 0.15) is 0 Å². The first kappa shape index (κ1) is 21.9. The van der Waals surface area contributed by atoms with Gasteiger partial charge in [-0.05, 0) is 74.0 Å². The number of amides is 1. The highest BCUT2D eigenvalue weighted by atomic mass is 16.7. The predicted molar refractivity (Wildman–Crippen MR) is 124 cm³/mol. The van der Waals surface area contributed by atoms with Crippen LogP contribution in [-0.4, -0.2) is 62.9 Å². The highest BCUT2D eigenvalue weighted by Crippen LogP contribution is 2.37. The van der Waals surface area contributed by atoms with Crippen molar-refractivity contribution in [1.29, 1.82) is 0 Å². The van der Waals surface area contributed by atoms with Crippen LogP contribution >= 0.6 is 0 Å². The minimum absolute atomic E-state index is 0.111. The quantitative estimate of drug-likeness (QED) is 0.663. The van der Waals surface area contributed by atoms with Gasteiger partial charge in [-0.1, -0.05) is 6.07 Å². The number of carbonyl (C=O) groups is 1. The van der Waals surface area contributed by atoms with Crippen LogP contribution in [0.15, 0.2) is 30.3 Å². The molecular formula is C26H32N2O5. The van der Waals surface area contributed by atoms with Crippen LogP contribution in [0.4, 0.5) is 0 Å². The molecule has 0 aliphatic carbocycles. The predicted octanol–water partition coefficient (Wildman–Crippen LogP) is 3.90. The molecule has 1 saturated heterocycles. The van der Waals surface area contributed by atoms with Crippen LogP contribution in [0.3, 0.4) is 0 Å². The van der Waals surface area contributed by atoms with Gasteiger partial charge in [0, 0.05) is 31.2 Å². The van der Waals surface area contributed by atoms with E-state index in [-0.39, 0.29) is 18.7 Å². The SMILES string of the molecule is COc1ccc(C(C)N2CCCC(CN3CCc4cc5c(cc4C3=O)OCO5)C2)cc1OC. The van der Waals surface area contributed by atoms with E-state index in [1.807, 2.05) is 23.1 Å². The Kier molecular flexibility index (Phi) is 6.06. The summed E-state index contributed by atoms with van der Waals surface area (Å²) in [4.78, 5) is 17.8. The molecule has 2 atom stereocenters. The molecule has 2 aromatic rings. The molecular weight excluding hydrogens is 420 g/mol. The summed E-state index contributed by atoms with van der Waals surface area (Å²) in [5, 5.41) is 0. The van der Waals surface area contributed by atoms with Gasteiger partial charge in [0.05, 0.1) is 14.2 Å². The number of methoxy groups -OCH3 is 2. The zero-order valence-corrected chi connectivity index (χ0v) is 19.6. The molecule has 7 heteroatoms.